The molecule has 4 rings (SSSR count). The Bertz CT molecular complexity index is 1150. The summed E-state index contributed by atoms with van der Waals surface area (Å²) < 4.78 is 6.66. The van der Waals surface area contributed by atoms with Crippen molar-refractivity contribution < 1.29 is 23.9 Å². The maximum atomic E-state index is 13.2. The number of piperidine rings is 1. The molecule has 10 heteroatoms. The van der Waals surface area contributed by atoms with Gasteiger partial charge in [0.2, 0.25) is 5.91 Å². The maximum Gasteiger partial charge on any atom is 0.309 e. The van der Waals surface area contributed by atoms with Crippen LogP contribution in [-0.2, 0) is 27.4 Å². The fourth-order valence-electron chi connectivity index (χ4n) is 4.81. The minimum atomic E-state index is -0.762. The molecule has 3 amide bonds. The molecule has 0 saturated carbocycles. The molecule has 198 valence electrons. The van der Waals surface area contributed by atoms with Crippen molar-refractivity contribution in [3.05, 3.63) is 52.8 Å². The van der Waals surface area contributed by atoms with E-state index in [1.807, 2.05) is 31.2 Å². The molecule has 2 aromatic rings. The zero-order valence-corrected chi connectivity index (χ0v) is 21.7. The molecular weight excluding hydrogens is 474 g/mol. The summed E-state index contributed by atoms with van der Waals surface area (Å²) in [7, 11) is 0. The van der Waals surface area contributed by atoms with Gasteiger partial charge >= 0.3 is 5.97 Å². The lowest BCUT2D eigenvalue weighted by molar-refractivity contribution is -0.151. The minimum absolute atomic E-state index is 0.112. The van der Waals surface area contributed by atoms with Crippen molar-refractivity contribution in [2.45, 2.75) is 59.2 Å². The smallest absolute Gasteiger partial charge is 0.309 e. The number of esters is 1. The highest BCUT2D eigenvalue weighted by molar-refractivity contribution is 5.99. The van der Waals surface area contributed by atoms with Crippen molar-refractivity contribution in [2.75, 3.05) is 26.2 Å². The number of ether oxygens (including phenoxy) is 1. The number of rotatable bonds is 7. The number of fused-ring (bicyclic) bond motifs is 1. The van der Waals surface area contributed by atoms with E-state index < -0.39 is 11.9 Å². The number of benzene rings is 1. The molecule has 37 heavy (non-hydrogen) atoms. The molecule has 1 aromatic heterocycles. The van der Waals surface area contributed by atoms with Crippen LogP contribution < -0.4 is 5.32 Å². The van der Waals surface area contributed by atoms with Gasteiger partial charge in [0.05, 0.1) is 12.5 Å². The van der Waals surface area contributed by atoms with Gasteiger partial charge in [-0.3, -0.25) is 23.9 Å². The van der Waals surface area contributed by atoms with Crippen molar-refractivity contribution in [3.8, 4) is 0 Å². The summed E-state index contributed by atoms with van der Waals surface area (Å²) in [5.41, 5.74) is 2.69. The molecule has 0 unspecified atom stereocenters. The molecule has 2 aliphatic rings. The predicted octanol–water partition coefficient (Wildman–Crippen LogP) is 2.16. The summed E-state index contributed by atoms with van der Waals surface area (Å²) in [6, 6.07) is 8.82. The van der Waals surface area contributed by atoms with Crippen molar-refractivity contribution in [1.29, 1.82) is 0 Å². The van der Waals surface area contributed by atoms with Crippen LogP contribution in [0.4, 0.5) is 0 Å². The molecule has 3 heterocycles. The van der Waals surface area contributed by atoms with Crippen molar-refractivity contribution >= 4 is 23.7 Å². The molecule has 1 aromatic carbocycles. The van der Waals surface area contributed by atoms with Gasteiger partial charge in [0, 0.05) is 38.8 Å². The number of nitrogens with zero attached hydrogens (tertiary/aromatic N) is 4. The number of hydrogen-bond donors (Lipinski definition) is 1. The first-order valence-corrected chi connectivity index (χ1v) is 13.0. The number of aromatic nitrogens is 2. The fraction of sp³-hybridized carbons (Fsp3) is 0.519. The van der Waals surface area contributed by atoms with Crippen molar-refractivity contribution in [3.63, 3.8) is 0 Å². The zero-order chi connectivity index (χ0) is 26.5. The standard InChI is InChI=1S/C27H35N5O5/c1-4-37-27(36)21-10-14-30(15-11-21)25(34)19(3)28-24(33)22-16-23-26(35)31(12-5-13-32(23)29-22)17-20-8-6-18(2)7-9-20/h6-9,16,19,21H,4-5,10-15,17H2,1-3H3,(H,28,33)/t19-/m0/s1. The largest absolute Gasteiger partial charge is 0.466 e. The minimum Gasteiger partial charge on any atom is -0.466 e. The monoisotopic (exact) mass is 509 g/mol. The Morgan fingerprint density at radius 2 is 1.81 bits per heavy atom. The number of hydrogen-bond acceptors (Lipinski definition) is 6. The number of likely N-dealkylation sites (tertiary alicyclic amines) is 1. The molecule has 1 fully saturated rings. The van der Waals surface area contributed by atoms with Gasteiger partial charge < -0.3 is 19.9 Å². The lowest BCUT2D eigenvalue weighted by atomic mass is 9.96. The van der Waals surface area contributed by atoms with Crippen LogP contribution in [0.25, 0.3) is 0 Å². The van der Waals surface area contributed by atoms with Gasteiger partial charge in [-0.25, -0.2) is 0 Å². The Labute approximate surface area is 216 Å². The third-order valence-corrected chi connectivity index (χ3v) is 6.96. The summed E-state index contributed by atoms with van der Waals surface area (Å²) in [5.74, 6) is -1.30. The molecule has 2 aliphatic heterocycles. The predicted molar refractivity (Wildman–Crippen MR) is 136 cm³/mol. The first kappa shape index (κ1) is 26.4. The lowest BCUT2D eigenvalue weighted by Gasteiger charge is -2.32. The molecule has 1 saturated heterocycles. The number of nitrogens with one attached hydrogen (secondary N) is 1. The number of aryl methyl sites for hydroxylation is 2. The summed E-state index contributed by atoms with van der Waals surface area (Å²) in [5, 5.41) is 7.09. The lowest BCUT2D eigenvalue weighted by Crippen LogP contribution is -2.50. The Kier molecular flexibility index (Phi) is 8.25. The Hall–Kier alpha value is -3.69. The van der Waals surface area contributed by atoms with E-state index in [0.717, 1.165) is 17.5 Å². The van der Waals surface area contributed by atoms with Crippen LogP contribution in [-0.4, -0.2) is 75.6 Å². The quantitative estimate of drug-likeness (QED) is 0.572. The van der Waals surface area contributed by atoms with Gasteiger partial charge in [0.15, 0.2) is 5.69 Å². The van der Waals surface area contributed by atoms with E-state index in [9.17, 15) is 19.2 Å². The second-order valence-corrected chi connectivity index (χ2v) is 9.75. The summed E-state index contributed by atoms with van der Waals surface area (Å²) in [6.07, 6.45) is 1.81. The second-order valence-electron chi connectivity index (χ2n) is 9.75. The van der Waals surface area contributed by atoms with E-state index >= 15 is 0 Å². The van der Waals surface area contributed by atoms with Crippen LogP contribution in [0, 0.1) is 12.8 Å². The first-order valence-electron chi connectivity index (χ1n) is 13.0. The van der Waals surface area contributed by atoms with Gasteiger partial charge in [-0.2, -0.15) is 5.10 Å². The van der Waals surface area contributed by atoms with E-state index in [4.69, 9.17) is 4.74 Å². The van der Waals surface area contributed by atoms with Gasteiger partial charge in [-0.15, -0.1) is 0 Å². The topological polar surface area (TPSA) is 114 Å². The van der Waals surface area contributed by atoms with Crippen LogP contribution in [0.2, 0.25) is 0 Å². The van der Waals surface area contributed by atoms with E-state index in [2.05, 4.69) is 10.4 Å². The number of carbonyl (C=O) groups excluding carboxylic acids is 4. The Morgan fingerprint density at radius 1 is 1.11 bits per heavy atom. The average Bonchev–Trinajstić information content (AvgIpc) is 3.27. The summed E-state index contributed by atoms with van der Waals surface area (Å²) >= 11 is 0. The first-order chi connectivity index (χ1) is 17.8. The molecular formula is C27H35N5O5. The second kappa shape index (κ2) is 11.6. The molecule has 10 nitrogen and oxygen atoms in total. The van der Waals surface area contributed by atoms with Gasteiger partial charge in [0.1, 0.15) is 11.7 Å². The van der Waals surface area contributed by atoms with Crippen molar-refractivity contribution in [1.82, 2.24) is 24.9 Å². The highest BCUT2D eigenvalue weighted by atomic mass is 16.5. The van der Waals surface area contributed by atoms with Gasteiger partial charge in [-0.05, 0) is 45.6 Å². The zero-order valence-electron chi connectivity index (χ0n) is 21.7. The van der Waals surface area contributed by atoms with Crippen LogP contribution in [0.5, 0.6) is 0 Å². The molecule has 0 aliphatic carbocycles. The van der Waals surface area contributed by atoms with Crippen LogP contribution in [0.15, 0.2) is 30.3 Å². The molecule has 0 radical (unpaired) electrons. The number of carbonyl (C=O) groups is 4. The van der Waals surface area contributed by atoms with Crippen LogP contribution >= 0.6 is 0 Å². The van der Waals surface area contributed by atoms with Gasteiger partial charge in [-0.1, -0.05) is 29.8 Å². The van der Waals surface area contributed by atoms with Crippen LogP contribution in [0.3, 0.4) is 0 Å². The average molecular weight is 510 g/mol. The normalized spacial score (nSPS) is 17.1. The highest BCUT2D eigenvalue weighted by Gasteiger charge is 2.32. The Morgan fingerprint density at radius 3 is 2.49 bits per heavy atom. The SMILES string of the molecule is CCOC(=O)C1CCN(C(=O)[C@H](C)NC(=O)c2cc3n(n2)CCCN(Cc2ccc(C)cc2)C3=O)CC1. The molecule has 0 bridgehead atoms. The Balaban J connectivity index is 1.35. The fourth-order valence-corrected chi connectivity index (χ4v) is 4.81. The molecule has 1 N–H and O–H groups in total. The third-order valence-electron chi connectivity index (χ3n) is 6.96. The van der Waals surface area contributed by atoms with Crippen molar-refractivity contribution in [2.24, 2.45) is 5.92 Å². The van der Waals surface area contributed by atoms with E-state index in [0.29, 0.717) is 57.9 Å². The number of amides is 3. The van der Waals surface area contributed by atoms with Gasteiger partial charge in [0.25, 0.3) is 11.8 Å². The maximum absolute atomic E-state index is 13.2. The summed E-state index contributed by atoms with van der Waals surface area (Å²) in [4.78, 5) is 54.5. The van der Waals surface area contributed by atoms with E-state index in [1.54, 1.807) is 28.3 Å². The third kappa shape index (κ3) is 6.18. The summed E-state index contributed by atoms with van der Waals surface area (Å²) in [6.45, 7) is 8.27. The van der Waals surface area contributed by atoms with E-state index in [-0.39, 0.29) is 29.4 Å². The molecule has 0 spiro atoms. The van der Waals surface area contributed by atoms with E-state index in [1.165, 1.54) is 6.07 Å². The molecule has 1 atom stereocenters. The van der Waals surface area contributed by atoms with Crippen LogP contribution in [0.1, 0.15) is 65.2 Å². The highest BCUT2D eigenvalue weighted by Crippen LogP contribution is 2.20.